The van der Waals surface area contributed by atoms with Crippen molar-refractivity contribution in [1.82, 2.24) is 0 Å². The minimum Gasteiger partial charge on any atom is -0.467 e. The van der Waals surface area contributed by atoms with Crippen molar-refractivity contribution in [3.8, 4) is 0 Å². The summed E-state index contributed by atoms with van der Waals surface area (Å²) in [6.45, 7) is 1.83. The van der Waals surface area contributed by atoms with Crippen LogP contribution in [-0.4, -0.2) is 53.3 Å². The van der Waals surface area contributed by atoms with Gasteiger partial charge in [-0.3, -0.25) is 5.41 Å². The second-order valence-electron chi connectivity index (χ2n) is 7.75. The highest BCUT2D eigenvalue weighted by atomic mass is 35.6. The molecule has 3 rings (SSSR count). The summed E-state index contributed by atoms with van der Waals surface area (Å²) in [5.74, 6) is -2.81. The molecule has 1 aliphatic rings. The number of rotatable bonds is 7. The first-order valence-corrected chi connectivity index (χ1v) is 11.7. The number of hydrogen-bond donors (Lipinski definition) is 1. The van der Waals surface area contributed by atoms with Gasteiger partial charge >= 0.3 is 11.9 Å². The van der Waals surface area contributed by atoms with Crippen LogP contribution >= 0.6 is 34.8 Å². The minimum absolute atomic E-state index is 0.137. The molecule has 35 heavy (non-hydrogen) atoms. The van der Waals surface area contributed by atoms with Gasteiger partial charge in [0, 0.05) is 5.92 Å². The Kier molecular flexibility index (Phi) is 9.38. The Morgan fingerprint density at radius 1 is 0.971 bits per heavy atom. The van der Waals surface area contributed by atoms with E-state index < -0.39 is 52.1 Å². The number of halogens is 3. The van der Waals surface area contributed by atoms with Gasteiger partial charge in [-0.05, 0) is 17.7 Å². The van der Waals surface area contributed by atoms with Crippen LogP contribution in [0.4, 0.5) is 0 Å². The molecule has 1 fully saturated rings. The summed E-state index contributed by atoms with van der Waals surface area (Å²) in [7, 11) is 1.21. The Balaban J connectivity index is 1.95. The first-order valence-electron chi connectivity index (χ1n) is 10.6. The van der Waals surface area contributed by atoms with Crippen molar-refractivity contribution in [3.05, 3.63) is 71.8 Å². The number of carbonyl (C=O) groups is 2. The highest BCUT2D eigenvalue weighted by molar-refractivity contribution is 6.76. The average molecular weight is 545 g/mol. The summed E-state index contributed by atoms with van der Waals surface area (Å²) >= 11 is 17.3. The molecule has 1 heterocycles. The van der Waals surface area contributed by atoms with E-state index in [1.807, 2.05) is 30.3 Å². The molecular weight excluding hydrogens is 521 g/mol. The predicted molar refractivity (Wildman–Crippen MR) is 130 cm³/mol. The van der Waals surface area contributed by atoms with Crippen LogP contribution in [0.15, 0.2) is 60.7 Å². The lowest BCUT2D eigenvalue weighted by Gasteiger charge is -2.43. The summed E-state index contributed by atoms with van der Waals surface area (Å²) in [6, 6.07) is 17.6. The number of hydrogen-bond acceptors (Lipinski definition) is 8. The van der Waals surface area contributed by atoms with Crippen molar-refractivity contribution in [2.75, 3.05) is 7.11 Å². The average Bonchev–Trinajstić information content (AvgIpc) is 2.85. The van der Waals surface area contributed by atoms with Crippen LogP contribution in [0.3, 0.4) is 0 Å². The number of alkyl halides is 3. The molecule has 8 nitrogen and oxygen atoms in total. The second-order valence-corrected chi connectivity index (χ2v) is 10.0. The van der Waals surface area contributed by atoms with Crippen molar-refractivity contribution < 1.29 is 33.3 Å². The van der Waals surface area contributed by atoms with Gasteiger partial charge in [0.25, 0.3) is 3.79 Å². The third-order valence-corrected chi connectivity index (χ3v) is 5.85. The number of nitrogens with one attached hydrogen (secondary N) is 1. The largest absolute Gasteiger partial charge is 0.467 e. The first kappa shape index (κ1) is 27.2. The molecule has 11 heteroatoms. The van der Waals surface area contributed by atoms with Crippen LogP contribution in [0.25, 0.3) is 0 Å². The Bertz CT molecular complexity index is 1020. The molecule has 5 atom stereocenters. The third-order valence-electron chi connectivity index (χ3n) is 5.33. The number of ether oxygens (including phenoxy) is 5. The molecule has 1 aliphatic heterocycles. The molecule has 0 saturated carbocycles. The van der Waals surface area contributed by atoms with Gasteiger partial charge < -0.3 is 23.7 Å². The van der Waals surface area contributed by atoms with Gasteiger partial charge in [-0.2, -0.15) is 0 Å². The number of carbonyl (C=O) groups excluding carboxylic acids is 2. The summed E-state index contributed by atoms with van der Waals surface area (Å²) in [4.78, 5) is 25.4. The van der Waals surface area contributed by atoms with Crippen molar-refractivity contribution in [3.63, 3.8) is 0 Å². The van der Waals surface area contributed by atoms with Gasteiger partial charge in [0.05, 0.1) is 19.3 Å². The van der Waals surface area contributed by atoms with Crippen LogP contribution in [-0.2, 0) is 35.1 Å². The molecule has 0 amide bonds. The van der Waals surface area contributed by atoms with E-state index in [1.165, 1.54) is 7.11 Å². The number of benzene rings is 2. The zero-order valence-electron chi connectivity index (χ0n) is 18.9. The Hall–Kier alpha value is -2.36. The van der Waals surface area contributed by atoms with E-state index in [2.05, 4.69) is 0 Å². The molecule has 2 aromatic carbocycles. The fourth-order valence-electron chi connectivity index (χ4n) is 3.54. The third kappa shape index (κ3) is 7.08. The Labute approximate surface area is 217 Å². The van der Waals surface area contributed by atoms with Gasteiger partial charge in [-0.25, -0.2) is 9.59 Å². The van der Waals surface area contributed by atoms with E-state index >= 15 is 0 Å². The topological polar surface area (TPSA) is 104 Å². The van der Waals surface area contributed by atoms with Gasteiger partial charge in [-0.1, -0.05) is 90.3 Å². The maximum atomic E-state index is 12.9. The minimum atomic E-state index is -2.22. The smallest absolute Gasteiger partial charge is 0.338 e. The zero-order valence-corrected chi connectivity index (χ0v) is 21.1. The molecule has 0 radical (unpaired) electrons. The van der Waals surface area contributed by atoms with Crippen LogP contribution < -0.4 is 0 Å². The molecule has 1 N–H and O–H groups in total. The van der Waals surface area contributed by atoms with E-state index in [9.17, 15) is 9.59 Å². The van der Waals surface area contributed by atoms with Crippen molar-refractivity contribution in [2.24, 2.45) is 5.92 Å². The van der Waals surface area contributed by atoms with Crippen LogP contribution in [0.2, 0.25) is 0 Å². The Morgan fingerprint density at radius 3 is 2.14 bits per heavy atom. The summed E-state index contributed by atoms with van der Waals surface area (Å²) in [5, 5.41) is 7.99. The zero-order chi connectivity index (χ0) is 25.6. The highest BCUT2D eigenvalue weighted by Gasteiger charge is 2.52. The molecule has 188 valence electrons. The second kappa shape index (κ2) is 12.1. The van der Waals surface area contributed by atoms with E-state index in [-0.39, 0.29) is 12.2 Å². The van der Waals surface area contributed by atoms with E-state index in [0.29, 0.717) is 0 Å². The van der Waals surface area contributed by atoms with Gasteiger partial charge in [0.1, 0.15) is 6.10 Å². The van der Waals surface area contributed by atoms with E-state index in [1.54, 1.807) is 37.3 Å². The normalized spacial score (nSPS) is 24.3. The summed E-state index contributed by atoms with van der Waals surface area (Å²) < 4.78 is 25.8. The lowest BCUT2D eigenvalue weighted by Crippen LogP contribution is -2.59. The molecule has 2 aromatic rings. The standard InChI is InChI=1S/C24H24Cl3NO7/c1-14-17(32-13-15-9-5-3-6-10-15)19(33-20(29)16-11-7-4-8-12-16)22(34-18(14)21(30)31-2)35-23(28)24(25,26)27/h3-12,14,17-19,22,28H,13H2,1-2H3/t14-,17+,18?,19?,22+/m0/s1. The lowest BCUT2D eigenvalue weighted by molar-refractivity contribution is -0.270. The summed E-state index contributed by atoms with van der Waals surface area (Å²) in [6.07, 6.45) is -4.81. The van der Waals surface area contributed by atoms with Gasteiger partial charge in [0.15, 0.2) is 12.2 Å². The molecule has 1 saturated heterocycles. The van der Waals surface area contributed by atoms with Gasteiger partial charge in [-0.15, -0.1) is 0 Å². The Morgan fingerprint density at radius 2 is 1.57 bits per heavy atom. The van der Waals surface area contributed by atoms with E-state index in [0.717, 1.165) is 5.56 Å². The fraction of sp³-hybridized carbons (Fsp3) is 0.375. The van der Waals surface area contributed by atoms with Crippen molar-refractivity contribution in [1.29, 1.82) is 5.41 Å². The summed E-state index contributed by atoms with van der Waals surface area (Å²) in [5.41, 5.74) is 1.12. The van der Waals surface area contributed by atoms with Crippen LogP contribution in [0, 0.1) is 11.3 Å². The van der Waals surface area contributed by atoms with Crippen molar-refractivity contribution in [2.45, 2.75) is 41.9 Å². The molecule has 0 bridgehead atoms. The molecular formula is C24H24Cl3NO7. The molecule has 0 aromatic heterocycles. The van der Waals surface area contributed by atoms with Crippen LogP contribution in [0.5, 0.6) is 0 Å². The lowest BCUT2D eigenvalue weighted by atomic mass is 9.90. The molecule has 2 unspecified atom stereocenters. The fourth-order valence-corrected chi connectivity index (χ4v) is 3.67. The monoisotopic (exact) mass is 543 g/mol. The maximum absolute atomic E-state index is 12.9. The molecule has 0 spiro atoms. The number of methoxy groups -OCH3 is 1. The van der Waals surface area contributed by atoms with Crippen LogP contribution in [0.1, 0.15) is 22.8 Å². The predicted octanol–water partition coefficient (Wildman–Crippen LogP) is 4.70. The number of esters is 2. The highest BCUT2D eigenvalue weighted by Crippen LogP contribution is 2.35. The maximum Gasteiger partial charge on any atom is 0.338 e. The molecule has 0 aliphatic carbocycles. The SMILES string of the molecule is COC(=O)C1O[C@H](OC(=N)C(Cl)(Cl)Cl)C(OC(=O)c2ccccc2)[C@H](OCc2ccccc2)[C@@H]1C. The van der Waals surface area contributed by atoms with E-state index in [4.69, 9.17) is 63.9 Å². The van der Waals surface area contributed by atoms with Gasteiger partial charge in [0.2, 0.25) is 12.2 Å². The first-order chi connectivity index (χ1) is 16.6. The van der Waals surface area contributed by atoms with Crippen molar-refractivity contribution >= 4 is 52.6 Å². The quantitative estimate of drug-likeness (QED) is 0.233.